The van der Waals surface area contributed by atoms with E-state index in [2.05, 4.69) is 43.8 Å². The van der Waals surface area contributed by atoms with Crippen LogP contribution in [0.1, 0.15) is 44.2 Å². The molecule has 0 saturated heterocycles. The molecule has 0 spiro atoms. The van der Waals surface area contributed by atoms with Gasteiger partial charge in [0.2, 0.25) is 0 Å². The molecule has 2 aromatic rings. The van der Waals surface area contributed by atoms with Crippen LogP contribution in [0, 0.1) is 5.41 Å². The van der Waals surface area contributed by atoms with E-state index < -0.39 is 8.07 Å². The highest BCUT2D eigenvalue weighted by atomic mass is 28.3. The highest BCUT2D eigenvalue weighted by Crippen LogP contribution is 2.56. The minimum Gasteiger partial charge on any atom is -0.360 e. The number of benzene rings is 1. The van der Waals surface area contributed by atoms with Gasteiger partial charge in [0.25, 0.3) is 0 Å². The molecule has 4 rings (SSSR count). The van der Waals surface area contributed by atoms with Gasteiger partial charge in [0, 0.05) is 31.9 Å². The quantitative estimate of drug-likeness (QED) is 0.482. The molecule has 0 bridgehead atoms. The lowest BCUT2D eigenvalue weighted by molar-refractivity contribution is -0.116. The molecule has 1 atom stereocenters. The van der Waals surface area contributed by atoms with Crippen molar-refractivity contribution < 1.29 is 9.53 Å². The van der Waals surface area contributed by atoms with Gasteiger partial charge in [0.05, 0.1) is 11.7 Å². The third-order valence-corrected chi connectivity index (χ3v) is 8.47. The Morgan fingerprint density at radius 2 is 2.07 bits per heavy atom. The Balaban J connectivity index is 1.66. The number of rotatable bonds is 6. The van der Waals surface area contributed by atoms with E-state index in [1.807, 2.05) is 17.8 Å². The first-order valence-corrected chi connectivity index (χ1v) is 14.3. The fourth-order valence-corrected chi connectivity index (χ4v) is 5.71. The lowest BCUT2D eigenvalue weighted by Gasteiger charge is -2.34. The second-order valence-corrected chi connectivity index (χ2v) is 15.4. The summed E-state index contributed by atoms with van der Waals surface area (Å²) in [6.07, 6.45) is 5.76. The van der Waals surface area contributed by atoms with E-state index in [1.165, 1.54) is 28.1 Å². The van der Waals surface area contributed by atoms with Gasteiger partial charge in [-0.25, -0.2) is 4.68 Å². The van der Waals surface area contributed by atoms with E-state index >= 15 is 0 Å². The van der Waals surface area contributed by atoms with Crippen LogP contribution < -0.4 is 0 Å². The van der Waals surface area contributed by atoms with Crippen LogP contribution in [-0.4, -0.2) is 30.2 Å². The van der Waals surface area contributed by atoms with Gasteiger partial charge in [-0.05, 0) is 60.6 Å². The summed E-state index contributed by atoms with van der Waals surface area (Å²) in [7, 11) is -1.08. The number of carbonyl (C=O) groups excluding carboxylic acids is 1. The summed E-state index contributed by atoms with van der Waals surface area (Å²) in [5, 5.41) is 5.85. The van der Waals surface area contributed by atoms with Crippen LogP contribution in [-0.2, 0) is 22.7 Å². The smallest absolute Gasteiger partial charge is 0.158 e. The Kier molecular flexibility index (Phi) is 4.87. The number of ketones is 1. The van der Waals surface area contributed by atoms with E-state index in [4.69, 9.17) is 4.74 Å². The Morgan fingerprint density at radius 3 is 2.79 bits per heavy atom. The van der Waals surface area contributed by atoms with E-state index in [1.54, 1.807) is 0 Å². The fourth-order valence-electron chi connectivity index (χ4n) is 4.95. The zero-order valence-electron chi connectivity index (χ0n) is 17.9. The molecule has 0 radical (unpaired) electrons. The van der Waals surface area contributed by atoms with Crippen LogP contribution in [0.15, 0.2) is 23.9 Å². The summed E-state index contributed by atoms with van der Waals surface area (Å²) in [5.41, 5.74) is 6.21. The van der Waals surface area contributed by atoms with Gasteiger partial charge in [-0.1, -0.05) is 32.6 Å². The SMILES string of the molecule is CCC12CCC(=O)C(C)=C1c1ccc3c(cnn3COCC[Si](C)(C)C)c1C2. The van der Waals surface area contributed by atoms with Gasteiger partial charge in [-0.3, -0.25) is 4.79 Å². The van der Waals surface area contributed by atoms with E-state index in [0.717, 1.165) is 37.0 Å². The highest BCUT2D eigenvalue weighted by molar-refractivity contribution is 6.76. The average molecular weight is 397 g/mol. The third kappa shape index (κ3) is 3.18. The van der Waals surface area contributed by atoms with Gasteiger partial charge in [0.1, 0.15) is 6.73 Å². The summed E-state index contributed by atoms with van der Waals surface area (Å²) in [4.78, 5) is 12.4. The van der Waals surface area contributed by atoms with Crippen molar-refractivity contribution in [1.29, 1.82) is 0 Å². The molecule has 2 aliphatic carbocycles. The molecule has 0 fully saturated rings. The number of hydrogen-bond acceptors (Lipinski definition) is 3. The molecule has 28 heavy (non-hydrogen) atoms. The van der Waals surface area contributed by atoms with Crippen LogP contribution in [0.25, 0.3) is 16.5 Å². The minimum atomic E-state index is -1.08. The summed E-state index contributed by atoms with van der Waals surface area (Å²) in [6.45, 7) is 12.7. The number of fused-ring (bicyclic) bond motifs is 5. The van der Waals surface area contributed by atoms with Crippen molar-refractivity contribution in [2.75, 3.05) is 6.61 Å². The Morgan fingerprint density at radius 1 is 1.29 bits per heavy atom. The number of ether oxygens (including phenoxy) is 1. The third-order valence-electron chi connectivity index (χ3n) is 6.76. The predicted molar refractivity (Wildman–Crippen MR) is 117 cm³/mol. The summed E-state index contributed by atoms with van der Waals surface area (Å²) < 4.78 is 7.91. The number of nitrogens with zero attached hydrogens (tertiary/aromatic N) is 2. The monoisotopic (exact) mass is 396 g/mol. The number of carbonyl (C=O) groups is 1. The molecule has 0 N–H and O–H groups in total. The van der Waals surface area contributed by atoms with Crippen molar-refractivity contribution in [2.24, 2.45) is 5.41 Å². The number of hydrogen-bond donors (Lipinski definition) is 0. The second-order valence-electron chi connectivity index (χ2n) is 9.75. The molecule has 1 aromatic heterocycles. The zero-order chi connectivity index (χ0) is 20.1. The molecular formula is C23H32N2O2Si. The fraction of sp³-hybridized carbons (Fsp3) is 0.565. The van der Waals surface area contributed by atoms with Crippen molar-refractivity contribution in [2.45, 2.75) is 71.9 Å². The molecule has 0 saturated carbocycles. The molecule has 4 nitrogen and oxygen atoms in total. The summed E-state index contributed by atoms with van der Waals surface area (Å²) >= 11 is 0. The largest absolute Gasteiger partial charge is 0.360 e. The van der Waals surface area contributed by atoms with E-state index in [0.29, 0.717) is 18.9 Å². The van der Waals surface area contributed by atoms with Gasteiger partial charge in [0.15, 0.2) is 5.78 Å². The van der Waals surface area contributed by atoms with Crippen LogP contribution in [0.4, 0.5) is 0 Å². The molecule has 0 aliphatic heterocycles. The number of Topliss-reactive ketones (excluding diaryl/α,β-unsaturated/α-hetero) is 1. The zero-order valence-corrected chi connectivity index (χ0v) is 18.9. The topological polar surface area (TPSA) is 44.1 Å². The minimum absolute atomic E-state index is 0.130. The van der Waals surface area contributed by atoms with Crippen LogP contribution in [0.5, 0.6) is 0 Å². The number of aromatic nitrogens is 2. The molecule has 1 unspecified atom stereocenters. The Bertz CT molecular complexity index is 967. The van der Waals surface area contributed by atoms with Gasteiger partial charge in [-0.2, -0.15) is 5.10 Å². The molecule has 2 aliphatic rings. The average Bonchev–Trinajstić information content (AvgIpc) is 3.20. The van der Waals surface area contributed by atoms with Crippen LogP contribution in [0.3, 0.4) is 0 Å². The first-order valence-electron chi connectivity index (χ1n) is 10.6. The summed E-state index contributed by atoms with van der Waals surface area (Å²) in [6, 6.07) is 5.54. The van der Waals surface area contributed by atoms with Crippen LogP contribution >= 0.6 is 0 Å². The lowest BCUT2D eigenvalue weighted by atomic mass is 9.68. The molecule has 1 heterocycles. The normalized spacial score (nSPS) is 22.1. The predicted octanol–water partition coefficient (Wildman–Crippen LogP) is 5.44. The maximum atomic E-state index is 12.4. The Hall–Kier alpha value is -1.72. The first-order chi connectivity index (χ1) is 13.3. The maximum Gasteiger partial charge on any atom is 0.158 e. The first kappa shape index (κ1) is 19.6. The second kappa shape index (κ2) is 6.96. The highest BCUT2D eigenvalue weighted by Gasteiger charge is 2.45. The molecule has 0 amide bonds. The van der Waals surface area contributed by atoms with Crippen molar-refractivity contribution in [1.82, 2.24) is 9.78 Å². The maximum absolute atomic E-state index is 12.4. The molecular weight excluding hydrogens is 364 g/mol. The lowest BCUT2D eigenvalue weighted by Crippen LogP contribution is -2.27. The van der Waals surface area contributed by atoms with Crippen molar-refractivity contribution in [3.05, 3.63) is 35.0 Å². The van der Waals surface area contributed by atoms with Gasteiger partial charge >= 0.3 is 0 Å². The number of allylic oxidation sites excluding steroid dienone is 2. The van der Waals surface area contributed by atoms with E-state index in [-0.39, 0.29) is 5.41 Å². The standard InChI is InChI=1S/C23H32N2O2Si/c1-6-23-10-9-21(26)16(2)22(23)17-7-8-20-19(18(17)13-23)14-24-25(20)15-27-11-12-28(3,4)5/h7-8,14H,6,9-13,15H2,1-5H3. The summed E-state index contributed by atoms with van der Waals surface area (Å²) in [5.74, 6) is 0.318. The van der Waals surface area contributed by atoms with Crippen LogP contribution in [0.2, 0.25) is 25.7 Å². The molecule has 150 valence electrons. The molecule has 5 heteroatoms. The van der Waals surface area contributed by atoms with Gasteiger partial charge in [-0.15, -0.1) is 0 Å². The van der Waals surface area contributed by atoms with Crippen molar-refractivity contribution >= 4 is 30.3 Å². The van der Waals surface area contributed by atoms with Crippen molar-refractivity contribution in [3.63, 3.8) is 0 Å². The van der Waals surface area contributed by atoms with E-state index in [9.17, 15) is 4.79 Å². The Labute approximate surface area is 169 Å². The molecule has 1 aromatic carbocycles. The van der Waals surface area contributed by atoms with Gasteiger partial charge < -0.3 is 4.74 Å². The van der Waals surface area contributed by atoms with Crippen molar-refractivity contribution in [3.8, 4) is 0 Å².